The number of rotatable bonds is 4. The molecule has 1 rings (SSSR count). The summed E-state index contributed by atoms with van der Waals surface area (Å²) in [5, 5.41) is 1.23. The van der Waals surface area contributed by atoms with E-state index >= 15 is 0 Å². The quantitative estimate of drug-likeness (QED) is 0.834. The highest BCUT2D eigenvalue weighted by Gasteiger charge is 2.09. The molecule has 0 aliphatic heterocycles. The molecule has 0 fully saturated rings. The molecule has 0 radical (unpaired) electrons. The lowest BCUT2D eigenvalue weighted by Crippen LogP contribution is -2.14. The first-order chi connectivity index (χ1) is 7.00. The minimum Gasteiger partial charge on any atom is -0.393 e. The standard InChI is InChI=1S/C11H13Cl2NS/c1-7(6-10(14)15)5-8-3-2-4-9(12)11(8)13/h2-4,7H,5-6H2,1H3,(H2,14,15). The van der Waals surface area contributed by atoms with Gasteiger partial charge in [0.1, 0.15) is 0 Å². The summed E-state index contributed by atoms with van der Waals surface area (Å²) >= 11 is 16.9. The molecule has 1 atom stereocenters. The van der Waals surface area contributed by atoms with Gasteiger partial charge >= 0.3 is 0 Å². The van der Waals surface area contributed by atoms with Gasteiger partial charge in [0.2, 0.25) is 0 Å². The number of thiocarbonyl (C=S) groups is 1. The van der Waals surface area contributed by atoms with Crippen LogP contribution < -0.4 is 5.73 Å². The fraction of sp³-hybridized carbons (Fsp3) is 0.364. The molecule has 1 unspecified atom stereocenters. The van der Waals surface area contributed by atoms with Gasteiger partial charge in [-0.25, -0.2) is 0 Å². The van der Waals surface area contributed by atoms with E-state index in [2.05, 4.69) is 6.92 Å². The van der Waals surface area contributed by atoms with Gasteiger partial charge in [-0.05, 0) is 24.0 Å². The van der Waals surface area contributed by atoms with E-state index in [1.165, 1.54) is 0 Å². The van der Waals surface area contributed by atoms with Crippen molar-refractivity contribution in [1.82, 2.24) is 0 Å². The minimum atomic E-state index is 0.387. The lowest BCUT2D eigenvalue weighted by molar-refractivity contribution is 0.607. The van der Waals surface area contributed by atoms with Crippen molar-refractivity contribution in [3.63, 3.8) is 0 Å². The van der Waals surface area contributed by atoms with E-state index < -0.39 is 0 Å². The Hall–Kier alpha value is -0.310. The Kier molecular flexibility index (Phi) is 4.84. The summed E-state index contributed by atoms with van der Waals surface area (Å²) in [6, 6.07) is 5.66. The molecule has 0 saturated heterocycles. The molecule has 0 aliphatic rings. The maximum atomic E-state index is 6.08. The van der Waals surface area contributed by atoms with Crippen LogP contribution in [0.15, 0.2) is 18.2 Å². The second-order valence-electron chi connectivity index (χ2n) is 3.69. The fourth-order valence-corrected chi connectivity index (χ4v) is 2.18. The molecule has 0 spiro atoms. The maximum absolute atomic E-state index is 6.08. The molecule has 15 heavy (non-hydrogen) atoms. The van der Waals surface area contributed by atoms with E-state index in [0.717, 1.165) is 18.4 Å². The topological polar surface area (TPSA) is 26.0 Å². The molecule has 0 amide bonds. The molecule has 1 nitrogen and oxygen atoms in total. The molecular formula is C11H13Cl2NS. The van der Waals surface area contributed by atoms with Gasteiger partial charge < -0.3 is 5.73 Å². The van der Waals surface area contributed by atoms with Crippen molar-refractivity contribution in [2.24, 2.45) is 11.7 Å². The monoisotopic (exact) mass is 261 g/mol. The van der Waals surface area contributed by atoms with Crippen LogP contribution in [0.4, 0.5) is 0 Å². The average molecular weight is 262 g/mol. The van der Waals surface area contributed by atoms with Gasteiger partial charge in [-0.15, -0.1) is 0 Å². The van der Waals surface area contributed by atoms with E-state index in [0.29, 0.717) is 21.0 Å². The van der Waals surface area contributed by atoms with Crippen LogP contribution >= 0.6 is 35.4 Å². The van der Waals surface area contributed by atoms with E-state index in [9.17, 15) is 0 Å². The molecule has 0 heterocycles. The summed E-state index contributed by atoms with van der Waals surface area (Å²) in [5.41, 5.74) is 6.54. The Labute approximate surface area is 106 Å². The van der Waals surface area contributed by atoms with E-state index in [-0.39, 0.29) is 0 Å². The largest absolute Gasteiger partial charge is 0.393 e. The van der Waals surface area contributed by atoms with Crippen LogP contribution in [-0.2, 0) is 6.42 Å². The van der Waals surface area contributed by atoms with E-state index in [1.807, 2.05) is 12.1 Å². The number of hydrogen-bond acceptors (Lipinski definition) is 1. The van der Waals surface area contributed by atoms with Crippen molar-refractivity contribution < 1.29 is 0 Å². The molecule has 0 bridgehead atoms. The Balaban J connectivity index is 2.72. The molecule has 0 aliphatic carbocycles. The van der Waals surface area contributed by atoms with Crippen LogP contribution in [0, 0.1) is 5.92 Å². The zero-order valence-corrected chi connectivity index (χ0v) is 10.8. The molecule has 4 heteroatoms. The summed E-state index contributed by atoms with van der Waals surface area (Å²) < 4.78 is 0. The van der Waals surface area contributed by atoms with Gasteiger partial charge in [0.05, 0.1) is 15.0 Å². The lowest BCUT2D eigenvalue weighted by Gasteiger charge is -2.12. The first kappa shape index (κ1) is 12.8. The molecule has 1 aromatic carbocycles. The van der Waals surface area contributed by atoms with E-state index in [4.69, 9.17) is 41.2 Å². The molecule has 0 aromatic heterocycles. The smallest absolute Gasteiger partial charge is 0.0730 e. The normalized spacial score (nSPS) is 12.5. The predicted octanol–water partition coefficient (Wildman–Crippen LogP) is 3.85. The second-order valence-corrected chi connectivity index (χ2v) is 5.00. The van der Waals surface area contributed by atoms with Crippen LogP contribution in [-0.4, -0.2) is 4.99 Å². The van der Waals surface area contributed by atoms with Crippen molar-refractivity contribution in [1.29, 1.82) is 0 Å². The second kappa shape index (κ2) is 5.69. The zero-order valence-electron chi connectivity index (χ0n) is 8.47. The first-order valence-corrected chi connectivity index (χ1v) is 5.88. The number of hydrogen-bond donors (Lipinski definition) is 1. The van der Waals surface area contributed by atoms with Gasteiger partial charge in [-0.1, -0.05) is 54.5 Å². The van der Waals surface area contributed by atoms with Crippen molar-refractivity contribution in [2.45, 2.75) is 19.8 Å². The average Bonchev–Trinajstić information content (AvgIpc) is 2.11. The summed E-state index contributed by atoms with van der Waals surface area (Å²) in [6.45, 7) is 2.09. The lowest BCUT2D eigenvalue weighted by atomic mass is 9.98. The Morgan fingerprint density at radius 2 is 2.13 bits per heavy atom. The minimum absolute atomic E-state index is 0.387. The SMILES string of the molecule is CC(CC(N)=S)Cc1cccc(Cl)c1Cl. The molecule has 0 saturated carbocycles. The summed E-state index contributed by atoms with van der Waals surface area (Å²) in [7, 11) is 0. The third kappa shape index (κ3) is 3.98. The number of halogens is 2. The molecule has 1 aromatic rings. The van der Waals surface area contributed by atoms with Gasteiger partial charge in [-0.2, -0.15) is 0 Å². The van der Waals surface area contributed by atoms with Crippen LogP contribution in [0.1, 0.15) is 18.9 Å². The van der Waals surface area contributed by atoms with Crippen LogP contribution in [0.3, 0.4) is 0 Å². The first-order valence-electron chi connectivity index (χ1n) is 4.72. The highest BCUT2D eigenvalue weighted by atomic mass is 35.5. The van der Waals surface area contributed by atoms with Gasteiger partial charge in [0, 0.05) is 6.42 Å². The van der Waals surface area contributed by atoms with Crippen LogP contribution in [0.5, 0.6) is 0 Å². The Bertz CT molecular complexity index is 366. The zero-order chi connectivity index (χ0) is 11.4. The van der Waals surface area contributed by atoms with Crippen molar-refractivity contribution in [3.8, 4) is 0 Å². The summed E-state index contributed by atoms with van der Waals surface area (Å²) in [4.78, 5) is 0.542. The van der Waals surface area contributed by atoms with Crippen LogP contribution in [0.2, 0.25) is 10.0 Å². The Morgan fingerprint density at radius 3 is 2.73 bits per heavy atom. The maximum Gasteiger partial charge on any atom is 0.0730 e. The predicted molar refractivity (Wildman–Crippen MR) is 70.7 cm³/mol. The summed E-state index contributed by atoms with van der Waals surface area (Å²) in [6.07, 6.45) is 1.58. The van der Waals surface area contributed by atoms with Gasteiger partial charge in [0.25, 0.3) is 0 Å². The van der Waals surface area contributed by atoms with Gasteiger partial charge in [0.15, 0.2) is 0 Å². The van der Waals surface area contributed by atoms with Gasteiger partial charge in [-0.3, -0.25) is 0 Å². The highest BCUT2D eigenvalue weighted by Crippen LogP contribution is 2.27. The van der Waals surface area contributed by atoms with Crippen molar-refractivity contribution in [3.05, 3.63) is 33.8 Å². The van der Waals surface area contributed by atoms with E-state index in [1.54, 1.807) is 6.07 Å². The third-order valence-electron chi connectivity index (χ3n) is 2.15. The van der Waals surface area contributed by atoms with Crippen LogP contribution in [0.25, 0.3) is 0 Å². The Morgan fingerprint density at radius 1 is 1.47 bits per heavy atom. The molecule has 82 valence electrons. The molecular weight excluding hydrogens is 249 g/mol. The fourth-order valence-electron chi connectivity index (χ4n) is 1.50. The number of benzene rings is 1. The van der Waals surface area contributed by atoms with Crippen molar-refractivity contribution >= 4 is 40.4 Å². The third-order valence-corrected chi connectivity index (χ3v) is 3.17. The molecule has 2 N–H and O–H groups in total. The summed E-state index contributed by atoms with van der Waals surface area (Å²) in [5.74, 6) is 0.387. The van der Waals surface area contributed by atoms with Crippen molar-refractivity contribution in [2.75, 3.05) is 0 Å². The highest BCUT2D eigenvalue weighted by molar-refractivity contribution is 7.80. The number of nitrogens with two attached hydrogens (primary N) is 1.